The molecule has 1 rings (SSSR count). The van der Waals surface area contributed by atoms with Crippen molar-refractivity contribution in [1.29, 1.82) is 0 Å². The van der Waals surface area contributed by atoms with Crippen LogP contribution in [0.15, 0.2) is 12.3 Å². The van der Waals surface area contributed by atoms with E-state index in [-0.39, 0.29) is 12.5 Å². The molecule has 0 aliphatic heterocycles. The van der Waals surface area contributed by atoms with Crippen molar-refractivity contribution in [3.8, 4) is 0 Å². The van der Waals surface area contributed by atoms with E-state index in [1.165, 1.54) is 0 Å². The molecule has 0 saturated heterocycles. The molecular formula is C11H19N5O. The zero-order chi connectivity index (χ0) is 12.7. The molecule has 0 unspecified atom stereocenters. The number of aromatic nitrogens is 2. The van der Waals surface area contributed by atoms with Crippen LogP contribution in [0.25, 0.3) is 0 Å². The molecule has 0 aliphatic carbocycles. The van der Waals surface area contributed by atoms with Gasteiger partial charge in [0.05, 0.1) is 12.2 Å². The minimum atomic E-state index is -0.0314. The van der Waals surface area contributed by atoms with E-state index in [1.54, 1.807) is 24.2 Å². The number of anilines is 1. The van der Waals surface area contributed by atoms with E-state index in [2.05, 4.69) is 15.3 Å². The van der Waals surface area contributed by atoms with Crippen LogP contribution in [0, 0.1) is 0 Å². The van der Waals surface area contributed by atoms with Crippen LogP contribution in [0.4, 0.5) is 5.95 Å². The lowest BCUT2D eigenvalue weighted by atomic mass is 10.4. The van der Waals surface area contributed by atoms with Crippen LogP contribution >= 0.6 is 0 Å². The Bertz CT molecular complexity index is 369. The van der Waals surface area contributed by atoms with Gasteiger partial charge in [-0.2, -0.15) is 0 Å². The molecule has 6 heteroatoms. The SMILES string of the molecule is CCCNC(=O)CN(C)c1nccc(CN)n1. The number of hydrogen-bond acceptors (Lipinski definition) is 5. The van der Waals surface area contributed by atoms with Crippen LogP contribution in [0.5, 0.6) is 0 Å². The van der Waals surface area contributed by atoms with E-state index in [4.69, 9.17) is 5.73 Å². The standard InChI is InChI=1S/C11H19N5O/c1-3-5-13-10(17)8-16(2)11-14-6-4-9(7-12)15-11/h4,6H,3,5,7-8,12H2,1-2H3,(H,13,17). The van der Waals surface area contributed by atoms with Crippen molar-refractivity contribution in [2.75, 3.05) is 25.0 Å². The molecule has 1 aromatic rings. The first-order chi connectivity index (χ1) is 8.17. The second-order valence-corrected chi connectivity index (χ2v) is 3.76. The summed E-state index contributed by atoms with van der Waals surface area (Å²) in [5.41, 5.74) is 6.26. The number of nitrogens with zero attached hydrogens (tertiary/aromatic N) is 3. The number of carbonyl (C=O) groups excluding carboxylic acids is 1. The Morgan fingerprint density at radius 2 is 2.35 bits per heavy atom. The number of carbonyl (C=O) groups is 1. The third-order valence-corrected chi connectivity index (χ3v) is 2.20. The third kappa shape index (κ3) is 4.36. The molecule has 1 amide bonds. The Labute approximate surface area is 101 Å². The summed E-state index contributed by atoms with van der Waals surface area (Å²) in [5.74, 6) is 0.482. The fraction of sp³-hybridized carbons (Fsp3) is 0.545. The maximum atomic E-state index is 11.5. The normalized spacial score (nSPS) is 10.1. The van der Waals surface area contributed by atoms with Crippen molar-refractivity contribution in [1.82, 2.24) is 15.3 Å². The maximum absolute atomic E-state index is 11.5. The molecule has 0 aromatic carbocycles. The average Bonchev–Trinajstić information content (AvgIpc) is 2.36. The van der Waals surface area contributed by atoms with Gasteiger partial charge in [0.1, 0.15) is 0 Å². The lowest BCUT2D eigenvalue weighted by molar-refractivity contribution is -0.119. The first kappa shape index (κ1) is 13.4. The van der Waals surface area contributed by atoms with Gasteiger partial charge in [-0.05, 0) is 12.5 Å². The average molecular weight is 237 g/mol. The smallest absolute Gasteiger partial charge is 0.239 e. The number of amides is 1. The maximum Gasteiger partial charge on any atom is 0.239 e. The molecule has 17 heavy (non-hydrogen) atoms. The fourth-order valence-corrected chi connectivity index (χ4v) is 1.29. The first-order valence-corrected chi connectivity index (χ1v) is 5.67. The molecule has 0 fully saturated rings. The van der Waals surface area contributed by atoms with Gasteiger partial charge in [-0.3, -0.25) is 4.79 Å². The van der Waals surface area contributed by atoms with Crippen molar-refractivity contribution in [3.05, 3.63) is 18.0 Å². The first-order valence-electron chi connectivity index (χ1n) is 5.67. The number of rotatable bonds is 6. The van der Waals surface area contributed by atoms with Gasteiger partial charge < -0.3 is 16.0 Å². The molecule has 3 N–H and O–H groups in total. The number of likely N-dealkylation sites (N-methyl/N-ethyl adjacent to an activating group) is 1. The van der Waals surface area contributed by atoms with Crippen LogP contribution in [-0.2, 0) is 11.3 Å². The van der Waals surface area contributed by atoms with E-state index >= 15 is 0 Å². The van der Waals surface area contributed by atoms with Gasteiger partial charge in [0.2, 0.25) is 11.9 Å². The summed E-state index contributed by atoms with van der Waals surface area (Å²) >= 11 is 0. The number of nitrogens with one attached hydrogen (secondary N) is 1. The second-order valence-electron chi connectivity index (χ2n) is 3.76. The lowest BCUT2D eigenvalue weighted by Crippen LogP contribution is -2.36. The molecule has 0 spiro atoms. The van der Waals surface area contributed by atoms with Gasteiger partial charge in [0.15, 0.2) is 0 Å². The van der Waals surface area contributed by atoms with Gasteiger partial charge in [0, 0.05) is 26.3 Å². The lowest BCUT2D eigenvalue weighted by Gasteiger charge is -2.16. The van der Waals surface area contributed by atoms with Crippen molar-refractivity contribution in [2.45, 2.75) is 19.9 Å². The van der Waals surface area contributed by atoms with Gasteiger partial charge >= 0.3 is 0 Å². The van der Waals surface area contributed by atoms with Crippen LogP contribution in [0.1, 0.15) is 19.0 Å². The van der Waals surface area contributed by atoms with Crippen molar-refractivity contribution in [2.24, 2.45) is 5.73 Å². The highest BCUT2D eigenvalue weighted by molar-refractivity contribution is 5.80. The molecule has 0 saturated carbocycles. The molecule has 0 radical (unpaired) electrons. The van der Waals surface area contributed by atoms with Gasteiger partial charge in [-0.15, -0.1) is 0 Å². The minimum absolute atomic E-state index is 0.0314. The quantitative estimate of drug-likeness (QED) is 0.721. The minimum Gasteiger partial charge on any atom is -0.355 e. The van der Waals surface area contributed by atoms with Gasteiger partial charge in [0.25, 0.3) is 0 Å². The molecule has 1 heterocycles. The number of nitrogens with two attached hydrogens (primary N) is 1. The van der Waals surface area contributed by atoms with Crippen molar-refractivity contribution in [3.63, 3.8) is 0 Å². The predicted octanol–water partition coefficient (Wildman–Crippen LogP) is -0.102. The predicted molar refractivity (Wildman–Crippen MR) is 66.5 cm³/mol. The Balaban J connectivity index is 2.56. The summed E-state index contributed by atoms with van der Waals surface area (Å²) in [7, 11) is 1.78. The summed E-state index contributed by atoms with van der Waals surface area (Å²) in [6.45, 7) is 3.31. The Morgan fingerprint density at radius 3 is 3.00 bits per heavy atom. The Kier molecular flexibility index (Phi) is 5.35. The van der Waals surface area contributed by atoms with E-state index in [1.807, 2.05) is 6.92 Å². The molecule has 1 aromatic heterocycles. The van der Waals surface area contributed by atoms with E-state index in [9.17, 15) is 4.79 Å². The highest BCUT2D eigenvalue weighted by Gasteiger charge is 2.09. The van der Waals surface area contributed by atoms with Gasteiger partial charge in [-0.1, -0.05) is 6.92 Å². The summed E-state index contributed by atoms with van der Waals surface area (Å²) in [5, 5.41) is 2.80. The molecular weight excluding hydrogens is 218 g/mol. The zero-order valence-electron chi connectivity index (χ0n) is 10.3. The number of hydrogen-bond donors (Lipinski definition) is 2. The van der Waals surface area contributed by atoms with Crippen molar-refractivity contribution < 1.29 is 4.79 Å². The topological polar surface area (TPSA) is 84.1 Å². The summed E-state index contributed by atoms with van der Waals surface area (Å²) in [6.07, 6.45) is 2.57. The second kappa shape index (κ2) is 6.80. The monoisotopic (exact) mass is 237 g/mol. The molecule has 0 atom stereocenters. The Hall–Kier alpha value is -1.69. The van der Waals surface area contributed by atoms with E-state index in [0.717, 1.165) is 12.1 Å². The van der Waals surface area contributed by atoms with E-state index < -0.39 is 0 Å². The summed E-state index contributed by atoms with van der Waals surface area (Å²) in [4.78, 5) is 21.5. The van der Waals surface area contributed by atoms with Gasteiger partial charge in [-0.25, -0.2) is 9.97 Å². The summed E-state index contributed by atoms with van der Waals surface area (Å²) in [6, 6.07) is 1.76. The summed E-state index contributed by atoms with van der Waals surface area (Å²) < 4.78 is 0. The molecule has 0 bridgehead atoms. The largest absolute Gasteiger partial charge is 0.355 e. The Morgan fingerprint density at radius 1 is 1.59 bits per heavy atom. The zero-order valence-corrected chi connectivity index (χ0v) is 10.3. The van der Waals surface area contributed by atoms with Crippen LogP contribution < -0.4 is 16.0 Å². The molecule has 0 aliphatic rings. The third-order valence-electron chi connectivity index (χ3n) is 2.20. The highest BCUT2D eigenvalue weighted by Crippen LogP contribution is 2.04. The van der Waals surface area contributed by atoms with Crippen LogP contribution in [0.3, 0.4) is 0 Å². The highest BCUT2D eigenvalue weighted by atomic mass is 16.2. The van der Waals surface area contributed by atoms with Crippen LogP contribution in [-0.4, -0.2) is 36.0 Å². The molecule has 94 valence electrons. The fourth-order valence-electron chi connectivity index (χ4n) is 1.29. The van der Waals surface area contributed by atoms with Crippen LogP contribution in [0.2, 0.25) is 0 Å². The van der Waals surface area contributed by atoms with E-state index in [0.29, 0.717) is 19.0 Å². The van der Waals surface area contributed by atoms with Crippen molar-refractivity contribution >= 4 is 11.9 Å². The molecule has 6 nitrogen and oxygen atoms in total.